The van der Waals surface area contributed by atoms with E-state index in [1.807, 2.05) is 17.0 Å². The molecular formula is C21H34N4O3. The SMILES string of the molecule is CCNC(=NCc1ccccc1CN1CCCC1=O)NCCCOCCOC. The number of aliphatic imine (C=N–C) groups is 1. The summed E-state index contributed by atoms with van der Waals surface area (Å²) in [6, 6.07) is 8.23. The molecule has 1 aliphatic rings. The van der Waals surface area contributed by atoms with E-state index < -0.39 is 0 Å². The van der Waals surface area contributed by atoms with Crippen LogP contribution in [0.5, 0.6) is 0 Å². The summed E-state index contributed by atoms with van der Waals surface area (Å²) >= 11 is 0. The van der Waals surface area contributed by atoms with Gasteiger partial charge in [0.25, 0.3) is 0 Å². The Labute approximate surface area is 168 Å². The highest BCUT2D eigenvalue weighted by Gasteiger charge is 2.20. The number of hydrogen-bond donors (Lipinski definition) is 2. The first-order chi connectivity index (χ1) is 13.7. The van der Waals surface area contributed by atoms with Gasteiger partial charge in [-0.05, 0) is 30.9 Å². The molecule has 28 heavy (non-hydrogen) atoms. The van der Waals surface area contributed by atoms with Crippen molar-refractivity contribution >= 4 is 11.9 Å². The lowest BCUT2D eigenvalue weighted by Crippen LogP contribution is -2.38. The lowest BCUT2D eigenvalue weighted by Gasteiger charge is -2.18. The third kappa shape index (κ3) is 7.86. The lowest BCUT2D eigenvalue weighted by atomic mass is 10.1. The van der Waals surface area contributed by atoms with E-state index in [4.69, 9.17) is 14.5 Å². The summed E-state index contributed by atoms with van der Waals surface area (Å²) in [6.07, 6.45) is 2.54. The van der Waals surface area contributed by atoms with Crippen LogP contribution < -0.4 is 10.6 Å². The second-order valence-electron chi connectivity index (χ2n) is 6.77. The molecule has 0 aromatic heterocycles. The number of guanidine groups is 1. The van der Waals surface area contributed by atoms with Crippen LogP contribution in [0.3, 0.4) is 0 Å². The predicted molar refractivity (Wildman–Crippen MR) is 111 cm³/mol. The largest absolute Gasteiger partial charge is 0.382 e. The first-order valence-electron chi connectivity index (χ1n) is 10.2. The van der Waals surface area contributed by atoms with E-state index in [0.29, 0.717) is 39.3 Å². The number of benzene rings is 1. The number of ether oxygens (including phenoxy) is 2. The number of nitrogens with one attached hydrogen (secondary N) is 2. The Morgan fingerprint density at radius 2 is 2.00 bits per heavy atom. The first kappa shape index (κ1) is 22.2. The number of likely N-dealkylation sites (tertiary alicyclic amines) is 1. The fraction of sp³-hybridized carbons (Fsp3) is 0.619. The Morgan fingerprint density at radius 1 is 1.18 bits per heavy atom. The fourth-order valence-electron chi connectivity index (χ4n) is 3.07. The van der Waals surface area contributed by atoms with Gasteiger partial charge in [-0.3, -0.25) is 4.79 Å². The van der Waals surface area contributed by atoms with Gasteiger partial charge < -0.3 is 25.0 Å². The molecule has 0 atom stereocenters. The summed E-state index contributed by atoms with van der Waals surface area (Å²) in [5.41, 5.74) is 2.33. The number of hydrogen-bond acceptors (Lipinski definition) is 4. The maximum atomic E-state index is 11.9. The zero-order valence-corrected chi connectivity index (χ0v) is 17.2. The van der Waals surface area contributed by atoms with E-state index in [2.05, 4.69) is 29.7 Å². The molecule has 2 rings (SSSR count). The number of carbonyl (C=O) groups excluding carboxylic acids is 1. The predicted octanol–water partition coefficient (Wildman–Crippen LogP) is 1.92. The Morgan fingerprint density at radius 3 is 2.71 bits per heavy atom. The highest BCUT2D eigenvalue weighted by atomic mass is 16.5. The zero-order chi connectivity index (χ0) is 20.0. The standard InChI is InChI=1S/C21H34N4O3/c1-3-22-21(23-11-7-13-28-15-14-27-2)24-16-18-8-4-5-9-19(18)17-25-12-6-10-20(25)26/h4-5,8-9H,3,6-7,10-17H2,1-2H3,(H2,22,23,24). The highest BCUT2D eigenvalue weighted by Crippen LogP contribution is 2.17. The van der Waals surface area contributed by atoms with Crippen LogP contribution >= 0.6 is 0 Å². The van der Waals surface area contributed by atoms with Crippen LogP contribution in [-0.4, -0.2) is 63.3 Å². The van der Waals surface area contributed by atoms with Crippen LogP contribution in [0.4, 0.5) is 0 Å². The average Bonchev–Trinajstić information content (AvgIpc) is 3.11. The Bertz CT molecular complexity index is 621. The molecule has 7 nitrogen and oxygen atoms in total. The van der Waals surface area contributed by atoms with E-state index in [1.54, 1.807) is 7.11 Å². The number of amides is 1. The number of nitrogens with zero attached hydrogens (tertiary/aromatic N) is 2. The molecule has 0 radical (unpaired) electrons. The van der Waals surface area contributed by atoms with Gasteiger partial charge in [-0.1, -0.05) is 24.3 Å². The lowest BCUT2D eigenvalue weighted by molar-refractivity contribution is -0.128. The summed E-state index contributed by atoms with van der Waals surface area (Å²) in [7, 11) is 1.67. The summed E-state index contributed by atoms with van der Waals surface area (Å²) in [4.78, 5) is 18.6. The summed E-state index contributed by atoms with van der Waals surface area (Å²) in [5.74, 6) is 1.05. The van der Waals surface area contributed by atoms with Crippen molar-refractivity contribution in [1.29, 1.82) is 0 Å². The Kier molecular flexibility index (Phi) is 10.4. The molecule has 0 bridgehead atoms. The van der Waals surface area contributed by atoms with Gasteiger partial charge >= 0.3 is 0 Å². The van der Waals surface area contributed by atoms with Crippen molar-refractivity contribution in [3.63, 3.8) is 0 Å². The number of rotatable bonds is 12. The van der Waals surface area contributed by atoms with Crippen LogP contribution in [-0.2, 0) is 27.4 Å². The molecule has 1 aromatic rings. The highest BCUT2D eigenvalue weighted by molar-refractivity contribution is 5.79. The van der Waals surface area contributed by atoms with Crippen molar-refractivity contribution in [3.05, 3.63) is 35.4 Å². The molecule has 1 aliphatic heterocycles. The second-order valence-corrected chi connectivity index (χ2v) is 6.77. The van der Waals surface area contributed by atoms with E-state index in [-0.39, 0.29) is 5.91 Å². The molecule has 1 amide bonds. The summed E-state index contributed by atoms with van der Waals surface area (Å²) < 4.78 is 10.4. The minimum absolute atomic E-state index is 0.251. The van der Waals surface area contributed by atoms with Crippen LogP contribution in [0.15, 0.2) is 29.3 Å². The van der Waals surface area contributed by atoms with Crippen molar-refractivity contribution in [1.82, 2.24) is 15.5 Å². The van der Waals surface area contributed by atoms with Crippen molar-refractivity contribution in [3.8, 4) is 0 Å². The van der Waals surface area contributed by atoms with Gasteiger partial charge in [0.2, 0.25) is 5.91 Å². The van der Waals surface area contributed by atoms with Crippen LogP contribution in [0, 0.1) is 0 Å². The molecule has 2 N–H and O–H groups in total. The molecule has 0 aliphatic carbocycles. The summed E-state index contributed by atoms with van der Waals surface area (Å²) in [5, 5.41) is 6.62. The van der Waals surface area contributed by atoms with Crippen molar-refractivity contribution in [2.24, 2.45) is 4.99 Å². The van der Waals surface area contributed by atoms with Crippen LogP contribution in [0.25, 0.3) is 0 Å². The fourth-order valence-corrected chi connectivity index (χ4v) is 3.07. The molecule has 0 unspecified atom stereocenters. The van der Waals surface area contributed by atoms with Crippen LogP contribution in [0.2, 0.25) is 0 Å². The topological polar surface area (TPSA) is 75.2 Å². The number of carbonyl (C=O) groups is 1. The minimum atomic E-state index is 0.251. The normalized spacial score (nSPS) is 14.6. The maximum Gasteiger partial charge on any atom is 0.222 e. The van der Waals surface area contributed by atoms with E-state index in [9.17, 15) is 4.79 Å². The summed E-state index contributed by atoms with van der Waals surface area (Å²) in [6.45, 7) is 7.71. The maximum absolute atomic E-state index is 11.9. The molecule has 1 heterocycles. The Hall–Kier alpha value is -2.12. The molecular weight excluding hydrogens is 356 g/mol. The third-order valence-corrected chi connectivity index (χ3v) is 4.59. The van der Waals surface area contributed by atoms with Crippen molar-refractivity contribution in [2.75, 3.05) is 46.6 Å². The second kappa shape index (κ2) is 13.1. The van der Waals surface area contributed by atoms with E-state index in [0.717, 1.165) is 44.0 Å². The molecule has 1 aromatic carbocycles. The number of methoxy groups -OCH3 is 1. The monoisotopic (exact) mass is 390 g/mol. The molecule has 156 valence electrons. The van der Waals surface area contributed by atoms with Gasteiger partial charge in [-0.2, -0.15) is 0 Å². The van der Waals surface area contributed by atoms with Crippen molar-refractivity contribution in [2.45, 2.75) is 39.3 Å². The van der Waals surface area contributed by atoms with E-state index in [1.165, 1.54) is 5.56 Å². The van der Waals surface area contributed by atoms with Gasteiger partial charge in [0, 0.05) is 46.3 Å². The van der Waals surface area contributed by atoms with Gasteiger partial charge in [0.1, 0.15) is 0 Å². The molecule has 1 fully saturated rings. The van der Waals surface area contributed by atoms with Gasteiger partial charge in [0.05, 0.1) is 19.8 Å². The molecule has 7 heteroatoms. The third-order valence-electron chi connectivity index (χ3n) is 4.59. The van der Waals surface area contributed by atoms with Gasteiger partial charge in [0.15, 0.2) is 5.96 Å². The van der Waals surface area contributed by atoms with Gasteiger partial charge in [-0.15, -0.1) is 0 Å². The van der Waals surface area contributed by atoms with E-state index >= 15 is 0 Å². The molecule has 0 saturated carbocycles. The quantitative estimate of drug-likeness (QED) is 0.324. The average molecular weight is 391 g/mol. The van der Waals surface area contributed by atoms with Gasteiger partial charge in [-0.25, -0.2) is 4.99 Å². The van der Waals surface area contributed by atoms with Crippen molar-refractivity contribution < 1.29 is 14.3 Å². The smallest absolute Gasteiger partial charge is 0.222 e. The molecule has 1 saturated heterocycles. The Balaban J connectivity index is 1.85. The minimum Gasteiger partial charge on any atom is -0.382 e. The first-order valence-corrected chi connectivity index (χ1v) is 10.2. The van der Waals surface area contributed by atoms with Crippen LogP contribution in [0.1, 0.15) is 37.3 Å². The zero-order valence-electron chi connectivity index (χ0n) is 17.2. The molecule has 0 spiro atoms.